The lowest BCUT2D eigenvalue weighted by Gasteiger charge is -1.90. The van der Waals surface area contributed by atoms with Crippen molar-refractivity contribution in [2.45, 2.75) is 39.5 Å². The summed E-state index contributed by atoms with van der Waals surface area (Å²) >= 11 is 0. The van der Waals surface area contributed by atoms with Crippen molar-refractivity contribution in [3.8, 4) is 0 Å². The molecule has 0 aliphatic rings. The maximum atomic E-state index is 10.5. The van der Waals surface area contributed by atoms with Crippen molar-refractivity contribution in [3.05, 3.63) is 0 Å². The van der Waals surface area contributed by atoms with E-state index in [0.29, 0.717) is 13.0 Å². The second kappa shape index (κ2) is 11.1. The summed E-state index contributed by atoms with van der Waals surface area (Å²) in [5, 5.41) is 16.0. The summed E-state index contributed by atoms with van der Waals surface area (Å²) in [6, 6.07) is 0. The molecule has 78 valence electrons. The van der Waals surface area contributed by atoms with E-state index >= 15 is 0 Å². The van der Waals surface area contributed by atoms with Crippen molar-refractivity contribution in [3.63, 3.8) is 0 Å². The Kier molecular flexibility index (Phi) is 12.5. The Bertz CT molecular complexity index is 141. The predicted molar refractivity (Wildman–Crippen MR) is 49.5 cm³/mol. The van der Waals surface area contributed by atoms with Gasteiger partial charge in [-0.1, -0.05) is 13.8 Å². The quantitative estimate of drug-likeness (QED) is 0.639. The first-order valence-electron chi connectivity index (χ1n) is 4.42. The SMILES string of the molecule is CCCC(=O)CC(=O)O.CCCO. The molecule has 0 saturated carbocycles. The molecule has 0 fully saturated rings. The molecule has 0 aliphatic heterocycles. The summed E-state index contributed by atoms with van der Waals surface area (Å²) in [6.07, 6.45) is 1.66. The summed E-state index contributed by atoms with van der Waals surface area (Å²) < 4.78 is 0. The molecular formula is C9H18O4. The van der Waals surface area contributed by atoms with Crippen LogP contribution in [-0.2, 0) is 9.59 Å². The van der Waals surface area contributed by atoms with Crippen LogP contribution in [0, 0.1) is 0 Å². The van der Waals surface area contributed by atoms with Gasteiger partial charge in [0.05, 0.1) is 0 Å². The normalized spacial score (nSPS) is 8.54. The van der Waals surface area contributed by atoms with E-state index in [-0.39, 0.29) is 12.2 Å². The minimum Gasteiger partial charge on any atom is -0.481 e. The van der Waals surface area contributed by atoms with E-state index in [0.717, 1.165) is 12.8 Å². The van der Waals surface area contributed by atoms with Crippen molar-refractivity contribution in [2.75, 3.05) is 6.61 Å². The Hall–Kier alpha value is -0.900. The maximum Gasteiger partial charge on any atom is 0.310 e. The molecule has 4 heteroatoms. The summed E-state index contributed by atoms with van der Waals surface area (Å²) in [4.78, 5) is 20.3. The smallest absolute Gasteiger partial charge is 0.310 e. The number of carboxylic acids is 1. The van der Waals surface area contributed by atoms with Crippen LogP contribution in [0.5, 0.6) is 0 Å². The third-order valence-electron chi connectivity index (χ3n) is 1.10. The topological polar surface area (TPSA) is 74.6 Å². The fraction of sp³-hybridized carbons (Fsp3) is 0.778. The molecule has 0 atom stereocenters. The van der Waals surface area contributed by atoms with Crippen molar-refractivity contribution in [1.82, 2.24) is 0 Å². The highest BCUT2D eigenvalue weighted by atomic mass is 16.4. The van der Waals surface area contributed by atoms with Gasteiger partial charge in [0.15, 0.2) is 0 Å². The summed E-state index contributed by atoms with van der Waals surface area (Å²) in [5.41, 5.74) is 0. The lowest BCUT2D eigenvalue weighted by atomic mass is 10.2. The lowest BCUT2D eigenvalue weighted by molar-refractivity contribution is -0.140. The number of carbonyl (C=O) groups excluding carboxylic acids is 1. The van der Waals surface area contributed by atoms with Gasteiger partial charge in [-0.3, -0.25) is 9.59 Å². The largest absolute Gasteiger partial charge is 0.481 e. The van der Waals surface area contributed by atoms with Crippen LogP contribution in [0.1, 0.15) is 39.5 Å². The molecule has 0 aliphatic carbocycles. The zero-order chi connectivity index (χ0) is 10.7. The number of Topliss-reactive ketones (excluding diaryl/α,β-unsaturated/α-hetero) is 1. The predicted octanol–water partition coefficient (Wildman–Crippen LogP) is 1.22. The molecule has 0 bridgehead atoms. The molecule has 0 saturated heterocycles. The molecule has 0 spiro atoms. The average molecular weight is 190 g/mol. The van der Waals surface area contributed by atoms with E-state index in [1.807, 2.05) is 13.8 Å². The van der Waals surface area contributed by atoms with E-state index in [1.54, 1.807) is 0 Å². The van der Waals surface area contributed by atoms with Gasteiger partial charge in [0, 0.05) is 13.0 Å². The molecule has 0 aromatic heterocycles. The molecule has 2 N–H and O–H groups in total. The molecule has 0 aromatic rings. The van der Waals surface area contributed by atoms with Crippen LogP contribution in [0.3, 0.4) is 0 Å². The van der Waals surface area contributed by atoms with Gasteiger partial charge in [-0.25, -0.2) is 0 Å². The number of rotatable bonds is 5. The van der Waals surface area contributed by atoms with Gasteiger partial charge >= 0.3 is 5.97 Å². The second-order valence-corrected chi connectivity index (χ2v) is 2.58. The fourth-order valence-corrected chi connectivity index (χ4v) is 0.536. The third-order valence-corrected chi connectivity index (χ3v) is 1.10. The molecule has 0 amide bonds. The average Bonchev–Trinajstić information content (AvgIpc) is 2.04. The standard InChI is InChI=1S/C6H10O3.C3H8O/c1-2-3-5(7)4-6(8)9;1-2-3-4/h2-4H2,1H3,(H,8,9);4H,2-3H2,1H3. The lowest BCUT2D eigenvalue weighted by Crippen LogP contribution is -2.05. The van der Waals surface area contributed by atoms with E-state index in [2.05, 4.69) is 0 Å². The van der Waals surface area contributed by atoms with Gasteiger partial charge < -0.3 is 10.2 Å². The molecule has 0 aromatic carbocycles. The zero-order valence-electron chi connectivity index (χ0n) is 8.25. The fourth-order valence-electron chi connectivity index (χ4n) is 0.536. The molecule has 0 radical (unpaired) electrons. The minimum atomic E-state index is -1.03. The highest BCUT2D eigenvalue weighted by Gasteiger charge is 2.04. The Morgan fingerprint density at radius 1 is 1.15 bits per heavy atom. The summed E-state index contributed by atoms with van der Waals surface area (Å²) in [5.74, 6) is -1.22. The first-order valence-corrected chi connectivity index (χ1v) is 4.42. The minimum absolute atomic E-state index is 0.190. The summed E-state index contributed by atoms with van der Waals surface area (Å²) in [6.45, 7) is 4.10. The van der Waals surface area contributed by atoms with E-state index in [9.17, 15) is 9.59 Å². The van der Waals surface area contributed by atoms with E-state index in [1.165, 1.54) is 0 Å². The van der Waals surface area contributed by atoms with Crippen molar-refractivity contribution in [2.24, 2.45) is 0 Å². The molecule has 0 unspecified atom stereocenters. The number of carboxylic acid groups (broad SMARTS) is 1. The van der Waals surface area contributed by atoms with Crippen LogP contribution in [-0.4, -0.2) is 28.6 Å². The third kappa shape index (κ3) is 18.2. The number of aliphatic hydroxyl groups excluding tert-OH is 1. The Balaban J connectivity index is 0. The highest BCUT2D eigenvalue weighted by molar-refractivity contribution is 5.94. The van der Waals surface area contributed by atoms with E-state index < -0.39 is 5.97 Å². The molecule has 0 heterocycles. The number of ketones is 1. The number of hydrogen-bond donors (Lipinski definition) is 2. The maximum absolute atomic E-state index is 10.5. The van der Waals surface area contributed by atoms with Gasteiger partial charge in [0.25, 0.3) is 0 Å². The Morgan fingerprint density at radius 3 is 1.85 bits per heavy atom. The van der Waals surface area contributed by atoms with Gasteiger partial charge in [-0.15, -0.1) is 0 Å². The van der Waals surface area contributed by atoms with Crippen LogP contribution in [0.2, 0.25) is 0 Å². The van der Waals surface area contributed by atoms with Crippen molar-refractivity contribution < 1.29 is 19.8 Å². The molecular weight excluding hydrogens is 172 g/mol. The van der Waals surface area contributed by atoms with Gasteiger partial charge in [0.2, 0.25) is 0 Å². The molecule has 0 rings (SSSR count). The first kappa shape index (κ1) is 14.6. The number of aliphatic hydroxyl groups is 1. The molecule has 4 nitrogen and oxygen atoms in total. The second-order valence-electron chi connectivity index (χ2n) is 2.58. The molecule has 13 heavy (non-hydrogen) atoms. The van der Waals surface area contributed by atoms with E-state index in [4.69, 9.17) is 10.2 Å². The number of carbonyl (C=O) groups is 2. The summed E-state index contributed by atoms with van der Waals surface area (Å²) in [7, 11) is 0. The Labute approximate surface area is 78.6 Å². The van der Waals surface area contributed by atoms with Crippen molar-refractivity contribution >= 4 is 11.8 Å². The van der Waals surface area contributed by atoms with Crippen LogP contribution in [0.25, 0.3) is 0 Å². The first-order chi connectivity index (χ1) is 6.08. The highest BCUT2D eigenvalue weighted by Crippen LogP contribution is 1.92. The van der Waals surface area contributed by atoms with Gasteiger partial charge in [-0.2, -0.15) is 0 Å². The Morgan fingerprint density at radius 2 is 1.62 bits per heavy atom. The monoisotopic (exact) mass is 190 g/mol. The van der Waals surface area contributed by atoms with Gasteiger partial charge in [0.1, 0.15) is 12.2 Å². The van der Waals surface area contributed by atoms with Crippen LogP contribution >= 0.6 is 0 Å². The number of aliphatic carboxylic acids is 1. The van der Waals surface area contributed by atoms with Crippen LogP contribution in [0.15, 0.2) is 0 Å². The zero-order valence-corrected chi connectivity index (χ0v) is 8.25. The van der Waals surface area contributed by atoms with Crippen molar-refractivity contribution in [1.29, 1.82) is 0 Å². The van der Waals surface area contributed by atoms with Gasteiger partial charge in [-0.05, 0) is 12.8 Å². The van der Waals surface area contributed by atoms with Crippen LogP contribution < -0.4 is 0 Å². The number of hydrogen-bond acceptors (Lipinski definition) is 3. The van der Waals surface area contributed by atoms with Crippen LogP contribution in [0.4, 0.5) is 0 Å².